The molecule has 2 aromatic rings. The number of ketones is 1. The van der Waals surface area contributed by atoms with E-state index in [1.165, 1.54) is 6.92 Å². The first-order valence-corrected chi connectivity index (χ1v) is 11.7. The molecule has 0 saturated carbocycles. The van der Waals surface area contributed by atoms with Crippen LogP contribution < -0.4 is 9.67 Å². The number of hydrogen-bond donors (Lipinski definition) is 4. The Hall–Kier alpha value is -2.65. The van der Waals surface area contributed by atoms with Crippen molar-refractivity contribution in [1.29, 1.82) is 0 Å². The van der Waals surface area contributed by atoms with E-state index >= 15 is 0 Å². The van der Waals surface area contributed by atoms with Crippen molar-refractivity contribution in [3.8, 4) is 16.9 Å². The molecule has 29 heavy (non-hydrogen) atoms. The van der Waals surface area contributed by atoms with Gasteiger partial charge in [-0.25, -0.2) is 0 Å². The number of non-ortho nitro benzene ring substituents is 1. The number of rotatable bonds is 5. The Morgan fingerprint density at radius 1 is 1.24 bits per heavy atom. The average molecular weight is 487 g/mol. The molecule has 0 saturated heterocycles. The fraction of sp³-hybridized carbons (Fsp3) is 0.176. The van der Waals surface area contributed by atoms with E-state index in [1.54, 1.807) is 0 Å². The van der Waals surface area contributed by atoms with Crippen LogP contribution in [0.15, 0.2) is 18.2 Å². The number of benzene rings is 2. The molecular weight excluding hydrogens is 471 g/mol. The van der Waals surface area contributed by atoms with Crippen LogP contribution in [0, 0.1) is 17.0 Å². The molecule has 10 nitrogen and oxygen atoms in total. The maximum atomic E-state index is 12.4. The molecule has 154 valence electrons. The Bertz CT molecular complexity index is 1110. The van der Waals surface area contributed by atoms with Gasteiger partial charge in [0.2, 0.25) is 0 Å². The third kappa shape index (κ3) is 4.35. The van der Waals surface area contributed by atoms with Gasteiger partial charge in [0.15, 0.2) is 0 Å². The molecule has 0 aliphatic carbocycles. The molecule has 0 atom stereocenters. The molecule has 0 spiro atoms. The van der Waals surface area contributed by atoms with Crippen molar-refractivity contribution >= 4 is 53.2 Å². The predicted molar refractivity (Wildman–Crippen MR) is 105 cm³/mol. The summed E-state index contributed by atoms with van der Waals surface area (Å²) in [6.45, 7) is 3.47. The molecule has 1 amide bonds. The SMILES string of the molecule is CC(=O)Nc1c(O)c(C)c(C(C)=O)c(-c2cc([N+](=O)[O-])ccc2Cl)c1[As](=O)(O)O. The van der Waals surface area contributed by atoms with Crippen molar-refractivity contribution in [3.63, 3.8) is 0 Å². The average Bonchev–Trinajstić information content (AvgIpc) is 2.57. The number of phenols is 1. The third-order valence-corrected chi connectivity index (χ3v) is 6.56. The molecular formula is C17H16AsClN2O8. The molecule has 4 N–H and O–H groups in total. The second-order valence-electron chi connectivity index (χ2n) is 6.15. The Balaban J connectivity index is 3.20. The van der Waals surface area contributed by atoms with Crippen LogP contribution in [0.5, 0.6) is 5.75 Å². The first-order valence-electron chi connectivity index (χ1n) is 7.95. The quantitative estimate of drug-likeness (QED) is 0.163. The van der Waals surface area contributed by atoms with E-state index in [0.29, 0.717) is 0 Å². The molecule has 2 rings (SSSR count). The van der Waals surface area contributed by atoms with Crippen molar-refractivity contribution in [2.45, 2.75) is 20.8 Å². The maximum absolute atomic E-state index is 12.4. The Morgan fingerprint density at radius 3 is 2.28 bits per heavy atom. The molecule has 0 fully saturated rings. The van der Waals surface area contributed by atoms with Crippen LogP contribution in [-0.4, -0.2) is 44.1 Å². The van der Waals surface area contributed by atoms with Gasteiger partial charge in [0, 0.05) is 0 Å². The molecule has 0 radical (unpaired) electrons. The van der Waals surface area contributed by atoms with Crippen molar-refractivity contribution < 1.29 is 31.5 Å². The van der Waals surface area contributed by atoms with E-state index in [2.05, 4.69) is 5.32 Å². The first kappa shape index (κ1) is 22.6. The standard InChI is InChI=1S/C17H16AsClN2O8/c1-7-13(8(2)22)14(11-6-10(21(28)29)4-5-12(11)19)15(18(25,26)27)16(17(7)24)20-9(3)23/h4-6,24H,1-3H3,(H,20,23)(H2,25,26,27). The van der Waals surface area contributed by atoms with Gasteiger partial charge < -0.3 is 0 Å². The third-order valence-electron chi connectivity index (χ3n) is 4.07. The van der Waals surface area contributed by atoms with Crippen molar-refractivity contribution in [2.75, 3.05) is 5.32 Å². The molecule has 0 aliphatic heterocycles. The van der Waals surface area contributed by atoms with Crippen LogP contribution in [-0.2, 0) is 8.53 Å². The Morgan fingerprint density at radius 2 is 1.83 bits per heavy atom. The number of anilines is 1. The van der Waals surface area contributed by atoms with E-state index in [9.17, 15) is 36.7 Å². The molecule has 12 heteroatoms. The number of nitrogens with zero attached hydrogens (tertiary/aromatic N) is 1. The fourth-order valence-corrected chi connectivity index (χ4v) is 5.22. The molecule has 0 bridgehead atoms. The number of nitro groups is 1. The summed E-state index contributed by atoms with van der Waals surface area (Å²) in [5.41, 5.74) is -1.94. The second kappa shape index (κ2) is 8.00. The van der Waals surface area contributed by atoms with Crippen molar-refractivity contribution in [3.05, 3.63) is 44.5 Å². The van der Waals surface area contributed by atoms with E-state index in [4.69, 9.17) is 11.6 Å². The number of carbonyl (C=O) groups is 2. The van der Waals surface area contributed by atoms with Crippen LogP contribution in [0.3, 0.4) is 0 Å². The number of nitro benzene ring substituents is 1. The number of Topliss-reactive ketones (excluding diaryl/α,β-unsaturated/α-hetero) is 1. The monoisotopic (exact) mass is 486 g/mol. The molecule has 0 unspecified atom stereocenters. The number of amides is 1. The molecule has 0 aliphatic rings. The summed E-state index contributed by atoms with van der Waals surface area (Å²) in [6, 6.07) is 3.20. The zero-order valence-corrected chi connectivity index (χ0v) is 18.0. The van der Waals surface area contributed by atoms with Gasteiger partial charge in [0.25, 0.3) is 0 Å². The Kier molecular flexibility index (Phi) is 6.24. The predicted octanol–water partition coefficient (Wildman–Crippen LogP) is 1.65. The molecule has 2 aromatic carbocycles. The number of nitrogens with one attached hydrogen (secondary N) is 1. The van der Waals surface area contributed by atoms with Crippen LogP contribution in [0.2, 0.25) is 5.02 Å². The van der Waals surface area contributed by atoms with Gasteiger partial charge >= 0.3 is 172 Å². The van der Waals surface area contributed by atoms with Gasteiger partial charge in [-0.05, 0) is 0 Å². The van der Waals surface area contributed by atoms with Crippen LogP contribution >= 0.6 is 11.6 Å². The van der Waals surface area contributed by atoms with E-state index in [-0.39, 0.29) is 27.3 Å². The van der Waals surface area contributed by atoms with Crippen molar-refractivity contribution in [2.24, 2.45) is 0 Å². The summed E-state index contributed by atoms with van der Waals surface area (Å²) in [5.74, 6) is -2.11. The summed E-state index contributed by atoms with van der Waals surface area (Å²) in [4.78, 5) is 34.4. The molecule has 0 heterocycles. The van der Waals surface area contributed by atoms with E-state index < -0.39 is 52.3 Å². The number of aromatic hydroxyl groups is 1. The van der Waals surface area contributed by atoms with Crippen LogP contribution in [0.4, 0.5) is 11.4 Å². The fourth-order valence-electron chi connectivity index (χ4n) is 2.96. The van der Waals surface area contributed by atoms with Gasteiger partial charge in [-0.1, -0.05) is 0 Å². The van der Waals surface area contributed by atoms with Gasteiger partial charge in [0.1, 0.15) is 0 Å². The van der Waals surface area contributed by atoms with Gasteiger partial charge in [0.05, 0.1) is 0 Å². The van der Waals surface area contributed by atoms with Gasteiger partial charge in [-0.15, -0.1) is 0 Å². The van der Waals surface area contributed by atoms with E-state index in [0.717, 1.165) is 32.0 Å². The molecule has 0 aromatic heterocycles. The number of halogens is 1. The van der Waals surface area contributed by atoms with Crippen LogP contribution in [0.25, 0.3) is 11.1 Å². The first-order chi connectivity index (χ1) is 13.3. The summed E-state index contributed by atoms with van der Waals surface area (Å²) in [5, 5.41) is 23.7. The number of carbonyl (C=O) groups excluding carboxylic acids is 2. The number of phenolic OH excluding ortho intramolecular Hbond substituents is 1. The second-order valence-corrected chi connectivity index (χ2v) is 9.78. The summed E-state index contributed by atoms with van der Waals surface area (Å²) in [6.07, 6.45) is 0. The zero-order valence-electron chi connectivity index (χ0n) is 15.4. The van der Waals surface area contributed by atoms with E-state index in [1.807, 2.05) is 0 Å². The normalized spacial score (nSPS) is 11.2. The van der Waals surface area contributed by atoms with Gasteiger partial charge in [-0.3, -0.25) is 0 Å². The zero-order chi connectivity index (χ0) is 22.3. The topological polar surface area (TPSA) is 167 Å². The summed E-state index contributed by atoms with van der Waals surface area (Å²) >= 11 is 0.181. The van der Waals surface area contributed by atoms with Crippen molar-refractivity contribution in [1.82, 2.24) is 0 Å². The van der Waals surface area contributed by atoms with Gasteiger partial charge in [-0.2, -0.15) is 0 Å². The number of hydrogen-bond acceptors (Lipinski definition) is 6. The summed E-state index contributed by atoms with van der Waals surface area (Å²) < 4.78 is 31.7. The minimum atomic E-state index is -5.97. The minimum absolute atomic E-state index is 0.0773. The van der Waals surface area contributed by atoms with Crippen LogP contribution in [0.1, 0.15) is 29.8 Å². The summed E-state index contributed by atoms with van der Waals surface area (Å²) in [7, 11) is 0. The Labute approximate surface area is 172 Å².